The molecule has 8 rings (SSSR count). The monoisotopic (exact) mass is 954 g/mol. The zero-order chi connectivity index (χ0) is 48.5. The summed E-state index contributed by atoms with van der Waals surface area (Å²) in [5.74, 6) is 0.0324. The van der Waals surface area contributed by atoms with Gasteiger partial charge in [0.05, 0.1) is 46.7 Å². The number of halogens is 4. The summed E-state index contributed by atoms with van der Waals surface area (Å²) in [6, 6.07) is 12.1. The lowest BCUT2D eigenvalue weighted by molar-refractivity contribution is -0.137. The molecular weight excluding hydrogens is 905 g/mol. The van der Waals surface area contributed by atoms with Gasteiger partial charge in [0, 0.05) is 48.9 Å². The number of likely N-dealkylation sites (N-methyl/N-ethyl adjacent to an activating group) is 1. The van der Waals surface area contributed by atoms with Crippen LogP contribution in [0.1, 0.15) is 99.1 Å². The summed E-state index contributed by atoms with van der Waals surface area (Å²) in [4.78, 5) is 51.5. The molecule has 2 fully saturated rings. The topological polar surface area (TPSA) is 182 Å². The van der Waals surface area contributed by atoms with E-state index in [2.05, 4.69) is 15.4 Å². The van der Waals surface area contributed by atoms with E-state index in [1.807, 2.05) is 30.9 Å². The molecule has 0 aliphatic carbocycles. The van der Waals surface area contributed by atoms with E-state index >= 15 is 4.39 Å². The number of amides is 2. The molecule has 3 aliphatic rings. The van der Waals surface area contributed by atoms with Crippen LogP contribution in [0.15, 0.2) is 61.1 Å². The van der Waals surface area contributed by atoms with Crippen molar-refractivity contribution in [1.82, 2.24) is 35.0 Å². The number of rotatable bonds is 14. The molecule has 2 saturated heterocycles. The number of ether oxygens (including phenoxy) is 1. The third-order valence-electron chi connectivity index (χ3n) is 12.4. The van der Waals surface area contributed by atoms with Crippen LogP contribution >= 0.6 is 12.2 Å². The number of unbranched alkanes of at least 4 members (excludes halogenated alkanes) is 3. The molecule has 2 unspecified atom stereocenters. The van der Waals surface area contributed by atoms with Crippen LogP contribution < -0.4 is 24.9 Å². The summed E-state index contributed by atoms with van der Waals surface area (Å²) in [7, 11) is 0. The molecule has 2 atom stereocenters. The Labute approximate surface area is 395 Å². The fraction of sp³-hybridized carbons (Fsp3) is 0.426. The highest BCUT2D eigenvalue weighted by atomic mass is 32.1. The van der Waals surface area contributed by atoms with E-state index in [1.165, 1.54) is 29.2 Å². The molecule has 0 bridgehead atoms. The van der Waals surface area contributed by atoms with Gasteiger partial charge in [-0.05, 0) is 121 Å². The molecule has 2 aromatic carbocycles. The summed E-state index contributed by atoms with van der Waals surface area (Å²) in [5.41, 5.74) is -0.473. The highest BCUT2D eigenvalue weighted by Gasteiger charge is 2.50. The molecule has 68 heavy (non-hydrogen) atoms. The van der Waals surface area contributed by atoms with E-state index in [0.717, 1.165) is 67.2 Å². The largest absolute Gasteiger partial charge is 0.417 e. The Morgan fingerprint density at radius 3 is 2.50 bits per heavy atom. The maximum absolute atomic E-state index is 15.6. The zero-order valence-electron chi connectivity index (χ0n) is 37.9. The van der Waals surface area contributed by atoms with Crippen LogP contribution in [0.5, 0.6) is 0 Å². The van der Waals surface area contributed by atoms with Crippen LogP contribution in [0, 0.1) is 24.1 Å². The predicted molar refractivity (Wildman–Crippen MR) is 249 cm³/mol. The average Bonchev–Trinajstić information content (AvgIpc) is 3.88. The lowest BCUT2D eigenvalue weighted by Gasteiger charge is -2.35. The Hall–Kier alpha value is -6.63. The fourth-order valence-corrected chi connectivity index (χ4v) is 9.33. The van der Waals surface area contributed by atoms with Crippen molar-refractivity contribution in [2.75, 3.05) is 52.4 Å². The standard InChI is InChI=1S/C47H50F4N12O4S/c1-5-60-38(64)26-59(41-42(60)57-37(25-54-41)32-17-18-36(56-28(32)2)40-55-27-61(58-40)39-12-8-11-21-67-39)20-10-7-6-9-19-53-43(65)33-16-15-31(23-35(33)48)63-45(68)62(44(66)46(63,3)4)30-14-13-29(24-52)34(22-30)47(49,50)51/h13-18,22-23,25,27,39,44,66H,5-12,19-21,26H2,1-4H3,(H,53,65). The van der Waals surface area contributed by atoms with Crippen LogP contribution in [-0.2, 0) is 15.7 Å². The number of hydrogen-bond acceptors (Lipinski definition) is 12. The van der Waals surface area contributed by atoms with Crippen molar-refractivity contribution in [3.8, 4) is 28.8 Å². The molecule has 3 aliphatic heterocycles. The summed E-state index contributed by atoms with van der Waals surface area (Å²) in [6.07, 6.45) is 2.84. The number of fused-ring (bicyclic) bond motifs is 1. The number of benzene rings is 2. The third-order valence-corrected chi connectivity index (χ3v) is 12.8. The number of nitriles is 1. The minimum absolute atomic E-state index is 0.0827. The van der Waals surface area contributed by atoms with Crippen molar-refractivity contribution >= 4 is 52.2 Å². The molecule has 356 valence electrons. The van der Waals surface area contributed by atoms with Crippen LogP contribution in [0.2, 0.25) is 0 Å². The zero-order valence-corrected chi connectivity index (χ0v) is 38.7. The van der Waals surface area contributed by atoms with E-state index in [1.54, 1.807) is 36.0 Å². The van der Waals surface area contributed by atoms with E-state index in [0.29, 0.717) is 60.7 Å². The fourth-order valence-electron chi connectivity index (χ4n) is 8.78. The van der Waals surface area contributed by atoms with Gasteiger partial charge in [-0.3, -0.25) is 19.4 Å². The molecule has 6 heterocycles. The van der Waals surface area contributed by atoms with Crippen molar-refractivity contribution in [1.29, 1.82) is 5.26 Å². The maximum atomic E-state index is 15.6. The van der Waals surface area contributed by atoms with Gasteiger partial charge in [0.1, 0.15) is 17.8 Å². The van der Waals surface area contributed by atoms with Crippen LogP contribution in [0.4, 0.5) is 40.6 Å². The van der Waals surface area contributed by atoms with E-state index in [9.17, 15) is 33.1 Å². The molecule has 0 spiro atoms. The average molecular weight is 955 g/mol. The molecule has 0 radical (unpaired) electrons. The number of anilines is 4. The van der Waals surface area contributed by atoms with Gasteiger partial charge in [0.25, 0.3) is 5.91 Å². The van der Waals surface area contributed by atoms with Crippen molar-refractivity contribution in [2.45, 2.75) is 96.8 Å². The number of aliphatic hydroxyl groups excluding tert-OH is 1. The van der Waals surface area contributed by atoms with Crippen molar-refractivity contribution in [3.63, 3.8) is 0 Å². The van der Waals surface area contributed by atoms with E-state index < -0.39 is 40.8 Å². The van der Waals surface area contributed by atoms with Gasteiger partial charge in [-0.15, -0.1) is 5.10 Å². The van der Waals surface area contributed by atoms with E-state index in [-0.39, 0.29) is 47.3 Å². The first-order valence-electron chi connectivity index (χ1n) is 22.5. The highest BCUT2D eigenvalue weighted by molar-refractivity contribution is 7.80. The Morgan fingerprint density at radius 1 is 1.01 bits per heavy atom. The van der Waals surface area contributed by atoms with Crippen molar-refractivity contribution in [3.05, 3.63) is 89.3 Å². The first-order valence-corrected chi connectivity index (χ1v) is 22.9. The number of pyridine rings is 1. The number of nitrogens with zero attached hydrogens (tertiary/aromatic N) is 11. The number of aryl methyl sites for hydroxylation is 1. The normalized spacial score (nSPS) is 18.2. The van der Waals surface area contributed by atoms with Gasteiger partial charge >= 0.3 is 6.18 Å². The summed E-state index contributed by atoms with van der Waals surface area (Å²) >= 11 is 5.61. The molecule has 3 aromatic heterocycles. The van der Waals surface area contributed by atoms with Crippen LogP contribution in [0.25, 0.3) is 22.8 Å². The van der Waals surface area contributed by atoms with Gasteiger partial charge in [-0.1, -0.05) is 12.8 Å². The minimum atomic E-state index is -4.84. The Kier molecular flexibility index (Phi) is 13.7. The molecule has 2 amide bonds. The Balaban J connectivity index is 0.840. The second kappa shape index (κ2) is 19.5. The summed E-state index contributed by atoms with van der Waals surface area (Å²) in [6.45, 7) is 9.10. The number of thiocarbonyl (C=S) groups is 1. The minimum Gasteiger partial charge on any atom is -0.371 e. The lowest BCUT2D eigenvalue weighted by atomic mass is 10.0. The highest BCUT2D eigenvalue weighted by Crippen LogP contribution is 2.42. The summed E-state index contributed by atoms with van der Waals surface area (Å²) in [5, 5.41) is 27.8. The van der Waals surface area contributed by atoms with Crippen LogP contribution in [0.3, 0.4) is 0 Å². The smallest absolute Gasteiger partial charge is 0.371 e. The first-order chi connectivity index (χ1) is 32.5. The summed E-state index contributed by atoms with van der Waals surface area (Å²) < 4.78 is 64.5. The van der Waals surface area contributed by atoms with Gasteiger partial charge in [-0.25, -0.2) is 29.0 Å². The molecule has 0 saturated carbocycles. The maximum Gasteiger partial charge on any atom is 0.417 e. The number of carbonyl (C=O) groups excluding carboxylic acids is 2. The Morgan fingerprint density at radius 2 is 1.79 bits per heavy atom. The van der Waals surface area contributed by atoms with Crippen molar-refractivity contribution in [2.24, 2.45) is 0 Å². The van der Waals surface area contributed by atoms with Gasteiger partial charge in [0.15, 0.2) is 35.0 Å². The second-order valence-corrected chi connectivity index (χ2v) is 17.7. The SMILES string of the molecule is CCN1C(=O)CN(CCCCCCNC(=O)c2ccc(N3C(=S)N(c4ccc(C#N)c(C(F)(F)F)c4)C(O)C3(C)C)cc2F)c2ncc(-c3ccc(-c4ncn(C5CCCCO5)n4)nc3C)nc21. The van der Waals surface area contributed by atoms with Gasteiger partial charge in [-0.2, -0.15) is 18.4 Å². The second-order valence-electron chi connectivity index (χ2n) is 17.3. The number of nitrogens with one attached hydrogen (secondary N) is 1. The molecule has 2 N–H and O–H groups in total. The third kappa shape index (κ3) is 9.44. The first kappa shape index (κ1) is 47.8. The predicted octanol–water partition coefficient (Wildman–Crippen LogP) is 7.71. The van der Waals surface area contributed by atoms with Crippen molar-refractivity contribution < 1.29 is 37.0 Å². The number of carbonyl (C=O) groups is 2. The number of aromatic nitrogens is 6. The number of aliphatic hydroxyl groups is 1. The lowest BCUT2D eigenvalue weighted by Crippen LogP contribution is -2.47. The molecule has 16 nitrogen and oxygen atoms in total. The van der Waals surface area contributed by atoms with Gasteiger partial charge in [0.2, 0.25) is 5.91 Å². The molecule has 5 aromatic rings. The van der Waals surface area contributed by atoms with Gasteiger partial charge < -0.3 is 25.0 Å². The Bertz CT molecular complexity index is 2770. The molecular formula is C47H50F4N12O4S. The quantitative estimate of drug-likeness (QED) is 0.0628. The van der Waals surface area contributed by atoms with Crippen LogP contribution in [-0.4, -0.2) is 96.3 Å². The molecule has 21 heteroatoms. The number of alkyl halides is 3. The van der Waals surface area contributed by atoms with E-state index in [4.69, 9.17) is 31.9 Å². The number of hydrogen-bond donors (Lipinski definition) is 2.